The lowest BCUT2D eigenvalue weighted by atomic mass is 10.0. The molecule has 5 aliphatic rings. The van der Waals surface area contributed by atoms with Gasteiger partial charge in [-0.2, -0.15) is 10.2 Å². The van der Waals surface area contributed by atoms with Crippen molar-refractivity contribution in [2.24, 2.45) is 5.92 Å². The van der Waals surface area contributed by atoms with E-state index in [2.05, 4.69) is 35.5 Å². The average molecular weight is 861 g/mol. The van der Waals surface area contributed by atoms with E-state index in [9.17, 15) is 32.8 Å². The summed E-state index contributed by atoms with van der Waals surface area (Å²) in [7, 11) is 0. The number of fused-ring (bicyclic) bond motifs is 3. The monoisotopic (exact) mass is 860 g/mol. The van der Waals surface area contributed by atoms with Crippen molar-refractivity contribution in [3.63, 3.8) is 0 Å². The zero-order valence-corrected chi connectivity index (χ0v) is 34.3. The number of benzene rings is 1. The Balaban J connectivity index is 0.721. The summed E-state index contributed by atoms with van der Waals surface area (Å²) >= 11 is 6.37. The molecule has 0 unspecified atom stereocenters. The van der Waals surface area contributed by atoms with Gasteiger partial charge in [0.05, 0.1) is 28.6 Å². The summed E-state index contributed by atoms with van der Waals surface area (Å²) in [6, 6.07) is 6.13. The number of alkyl halides is 2. The van der Waals surface area contributed by atoms with Gasteiger partial charge in [0.1, 0.15) is 17.2 Å². The fourth-order valence-corrected chi connectivity index (χ4v) is 9.54. The van der Waals surface area contributed by atoms with Crippen LogP contribution in [0.15, 0.2) is 42.9 Å². The lowest BCUT2D eigenvalue weighted by molar-refractivity contribution is -0.121. The Morgan fingerprint density at radius 3 is 2.39 bits per heavy atom. The Hall–Kier alpha value is -5.53. The molecular weight excluding hydrogens is 814 g/mol. The molecule has 61 heavy (non-hydrogen) atoms. The first kappa shape index (κ1) is 40.9. The van der Waals surface area contributed by atoms with Gasteiger partial charge in [-0.25, -0.2) is 23.1 Å². The number of nitrogens with one attached hydrogen (secondary N) is 2. The molecule has 1 saturated carbocycles. The Bertz CT molecular complexity index is 2360. The number of carbonyl (C=O) groups is 5. The van der Waals surface area contributed by atoms with Crippen LogP contribution in [0.2, 0.25) is 5.02 Å². The second-order valence-corrected chi connectivity index (χ2v) is 16.9. The maximum atomic E-state index is 14.2. The highest BCUT2D eigenvalue weighted by Gasteiger charge is 2.44. The number of amides is 5. The fraction of sp³-hybridized carbons (Fsp3) is 0.512. The molecule has 322 valence electrons. The number of imide groups is 1. The van der Waals surface area contributed by atoms with Crippen LogP contribution in [-0.4, -0.2) is 140 Å². The zero-order valence-electron chi connectivity index (χ0n) is 33.5. The molecule has 2 N–H and O–H groups in total. The number of carbonyl (C=O) groups excluding carboxylic acids is 5. The summed E-state index contributed by atoms with van der Waals surface area (Å²) in [5.41, 5.74) is 0.767. The molecule has 7 heterocycles. The molecule has 1 aliphatic carbocycles. The SMILES string of the molecule is O=C1CCN(c2cc(C(=O)N3CCN(CCCCN4CCC(n5cc(NC(=O)c6cnn7ccc(N8C[C@H]9C[C@@H]8CC9=O)nc67)c(C(F)F)n5)CC4)CC3)ccc2Cl)C(=O)N1. The topological polar surface area (TPSA) is 174 Å². The van der Waals surface area contributed by atoms with Gasteiger partial charge in [-0.15, -0.1) is 0 Å². The smallest absolute Gasteiger partial charge is 0.328 e. The van der Waals surface area contributed by atoms with Crippen molar-refractivity contribution in [3.05, 3.63) is 64.7 Å². The fourth-order valence-electron chi connectivity index (χ4n) is 9.32. The van der Waals surface area contributed by atoms with E-state index in [1.165, 1.54) is 21.8 Å². The summed E-state index contributed by atoms with van der Waals surface area (Å²) < 4.78 is 31.5. The van der Waals surface area contributed by atoms with E-state index in [0.29, 0.717) is 53.8 Å². The van der Waals surface area contributed by atoms with Crippen molar-refractivity contribution in [1.82, 2.24) is 44.4 Å². The van der Waals surface area contributed by atoms with Gasteiger partial charge in [0.15, 0.2) is 11.3 Å². The number of unbranched alkanes of at least 4 members (excludes halogenated alkanes) is 1. The van der Waals surface area contributed by atoms with Crippen molar-refractivity contribution in [3.8, 4) is 0 Å². The lowest BCUT2D eigenvalue weighted by Crippen LogP contribution is -2.50. The Labute approximate surface area is 354 Å². The second kappa shape index (κ2) is 17.1. The molecular formula is C41H47ClF2N12O5. The minimum atomic E-state index is -2.89. The van der Waals surface area contributed by atoms with E-state index in [-0.39, 0.29) is 59.8 Å². The molecule has 4 saturated heterocycles. The summed E-state index contributed by atoms with van der Waals surface area (Å²) in [5, 5.41) is 13.8. The molecule has 2 bridgehead atoms. The van der Waals surface area contributed by atoms with Gasteiger partial charge in [0.25, 0.3) is 18.2 Å². The summed E-state index contributed by atoms with van der Waals surface area (Å²) in [6.45, 7) is 6.88. The molecule has 3 aromatic heterocycles. The number of piperidine rings is 2. The van der Waals surface area contributed by atoms with Gasteiger partial charge in [0, 0.05) is 95.1 Å². The maximum absolute atomic E-state index is 14.2. The molecule has 17 nitrogen and oxygen atoms in total. The summed E-state index contributed by atoms with van der Waals surface area (Å²) in [4.78, 5) is 77.7. The minimum Gasteiger partial charge on any atom is -0.352 e. The van der Waals surface area contributed by atoms with Crippen LogP contribution in [-0.2, 0) is 9.59 Å². The molecule has 5 fully saturated rings. The number of anilines is 3. The number of piperazine rings is 1. The molecule has 1 aromatic carbocycles. The van der Waals surface area contributed by atoms with Crippen LogP contribution >= 0.6 is 11.6 Å². The average Bonchev–Trinajstić information content (AvgIpc) is 4.06. The van der Waals surface area contributed by atoms with Crippen LogP contribution in [0.3, 0.4) is 0 Å². The Morgan fingerprint density at radius 1 is 0.951 bits per heavy atom. The highest BCUT2D eigenvalue weighted by atomic mass is 35.5. The van der Waals surface area contributed by atoms with Gasteiger partial charge in [-0.05, 0) is 69.5 Å². The van der Waals surface area contributed by atoms with Crippen LogP contribution in [0, 0.1) is 5.92 Å². The van der Waals surface area contributed by atoms with E-state index in [1.807, 2.05) is 4.90 Å². The summed E-state index contributed by atoms with van der Waals surface area (Å²) in [5.74, 6) is -0.142. The van der Waals surface area contributed by atoms with Crippen molar-refractivity contribution in [2.45, 2.75) is 63.5 Å². The first-order valence-electron chi connectivity index (χ1n) is 21.0. The number of hydrogen-bond donors (Lipinski definition) is 2. The van der Waals surface area contributed by atoms with E-state index in [4.69, 9.17) is 16.6 Å². The normalized spacial score (nSPS) is 21.6. The molecule has 4 aliphatic heterocycles. The highest BCUT2D eigenvalue weighted by Crippen LogP contribution is 2.38. The largest absolute Gasteiger partial charge is 0.352 e. The van der Waals surface area contributed by atoms with Crippen molar-refractivity contribution in [1.29, 1.82) is 0 Å². The van der Waals surface area contributed by atoms with E-state index >= 15 is 0 Å². The number of urea groups is 1. The van der Waals surface area contributed by atoms with Crippen molar-refractivity contribution < 1.29 is 32.8 Å². The second-order valence-electron chi connectivity index (χ2n) is 16.5. The predicted octanol–water partition coefficient (Wildman–Crippen LogP) is 4.26. The number of halogens is 3. The number of Topliss-reactive ketones (excluding diaryl/α,β-unsaturated/α-hetero) is 1. The van der Waals surface area contributed by atoms with Gasteiger partial charge >= 0.3 is 6.03 Å². The predicted molar refractivity (Wildman–Crippen MR) is 220 cm³/mol. The van der Waals surface area contributed by atoms with Crippen LogP contribution in [0.1, 0.15) is 83.8 Å². The van der Waals surface area contributed by atoms with Gasteiger partial charge < -0.3 is 20.0 Å². The van der Waals surface area contributed by atoms with Crippen LogP contribution in [0.4, 0.5) is 30.8 Å². The van der Waals surface area contributed by atoms with Crippen LogP contribution in [0.5, 0.6) is 0 Å². The third-order valence-electron chi connectivity index (χ3n) is 12.7. The molecule has 5 amide bonds. The van der Waals surface area contributed by atoms with Crippen LogP contribution < -0.4 is 20.4 Å². The first-order valence-corrected chi connectivity index (χ1v) is 21.3. The number of aromatic nitrogens is 5. The van der Waals surface area contributed by atoms with Crippen molar-refractivity contribution in [2.75, 3.05) is 80.6 Å². The Kier molecular flexibility index (Phi) is 11.4. The lowest BCUT2D eigenvalue weighted by Gasteiger charge is -2.35. The number of likely N-dealkylation sites (tertiary alicyclic amines) is 1. The minimum absolute atomic E-state index is 0.00746. The quantitative estimate of drug-likeness (QED) is 0.195. The first-order chi connectivity index (χ1) is 29.5. The van der Waals surface area contributed by atoms with Crippen LogP contribution in [0.25, 0.3) is 5.65 Å². The number of hydrogen-bond acceptors (Lipinski definition) is 11. The molecule has 2 atom stereocenters. The standard InChI is InChI=1S/C41H47ClF2N12O5/c42-30-4-3-25(20-32(30)53-13-8-35(58)48-41(53)61)40(60)52-17-15-51(16-18-52)10-2-1-9-50-11-5-27(6-12-50)56-24-31(36(49-56)37(43)44)46-39(59)29-22-45-55-14-7-34(47-38(29)55)54-23-26-19-28(54)21-33(26)57/h3-4,7,14,20,22,24,26-28,37H,1-2,5-6,8-13,15-19,21,23H2,(H,46,59)(H,48,58,61)/t26-,28-/m1/s1. The molecule has 4 aromatic rings. The van der Waals surface area contributed by atoms with E-state index < -0.39 is 24.1 Å². The van der Waals surface area contributed by atoms with Crippen molar-refractivity contribution >= 4 is 64.0 Å². The van der Waals surface area contributed by atoms with Gasteiger partial charge in [-0.3, -0.25) is 39.0 Å². The molecule has 9 rings (SSSR count). The number of nitrogens with zero attached hydrogens (tertiary/aromatic N) is 10. The van der Waals surface area contributed by atoms with E-state index in [0.717, 1.165) is 71.4 Å². The molecule has 20 heteroatoms. The number of ketones is 1. The van der Waals surface area contributed by atoms with E-state index in [1.54, 1.807) is 35.1 Å². The molecule has 0 radical (unpaired) electrons. The summed E-state index contributed by atoms with van der Waals surface area (Å²) in [6.07, 6.45) is 6.61. The highest BCUT2D eigenvalue weighted by molar-refractivity contribution is 6.34. The zero-order chi connectivity index (χ0) is 42.4. The van der Waals surface area contributed by atoms with Gasteiger partial charge in [0.2, 0.25) is 5.91 Å². The maximum Gasteiger partial charge on any atom is 0.328 e. The molecule has 0 spiro atoms. The van der Waals surface area contributed by atoms with Gasteiger partial charge in [-0.1, -0.05) is 11.6 Å². The third-order valence-corrected chi connectivity index (χ3v) is 13.1. The Morgan fingerprint density at radius 2 is 1.70 bits per heavy atom. The third kappa shape index (κ3) is 8.42. The number of rotatable bonds is 12.